The average Bonchev–Trinajstić information content (AvgIpc) is 2.75. The molecule has 0 radical (unpaired) electrons. The second kappa shape index (κ2) is 5.15. The molecule has 1 fully saturated rings. The van der Waals surface area contributed by atoms with E-state index < -0.39 is 10.0 Å². The number of rotatable bonds is 4. The lowest BCUT2D eigenvalue weighted by atomic mass is 9.89. The quantitative estimate of drug-likeness (QED) is 0.926. The van der Waals surface area contributed by atoms with Crippen molar-refractivity contribution in [2.75, 3.05) is 6.54 Å². The molecule has 2 rings (SSSR count). The van der Waals surface area contributed by atoms with E-state index in [0.29, 0.717) is 6.54 Å². The van der Waals surface area contributed by atoms with Gasteiger partial charge in [-0.25, -0.2) is 13.1 Å². The van der Waals surface area contributed by atoms with Crippen LogP contribution in [0.3, 0.4) is 0 Å². The fourth-order valence-corrected chi connectivity index (χ4v) is 3.94. The Morgan fingerprint density at radius 1 is 1.44 bits per heavy atom. The van der Waals surface area contributed by atoms with Crippen molar-refractivity contribution in [2.45, 2.75) is 37.5 Å². The Morgan fingerprint density at radius 2 is 2.11 bits per heavy atom. The molecule has 1 aromatic heterocycles. The number of sulfonamides is 1. The van der Waals surface area contributed by atoms with Crippen molar-refractivity contribution >= 4 is 21.6 Å². The lowest BCUT2D eigenvalue weighted by molar-refractivity contribution is 0.336. The summed E-state index contributed by atoms with van der Waals surface area (Å²) in [5, 5.41) is 0.203. The third-order valence-electron chi connectivity index (χ3n) is 3.52. The van der Waals surface area contributed by atoms with Crippen LogP contribution >= 0.6 is 11.6 Å². The van der Waals surface area contributed by atoms with Gasteiger partial charge in [0.05, 0.1) is 5.02 Å². The van der Waals surface area contributed by atoms with Crippen molar-refractivity contribution in [2.24, 2.45) is 5.41 Å². The molecule has 1 saturated carbocycles. The summed E-state index contributed by atoms with van der Waals surface area (Å²) >= 11 is 5.88. The Kier molecular flexibility index (Phi) is 3.94. The van der Waals surface area contributed by atoms with Gasteiger partial charge in [0, 0.05) is 18.9 Å². The molecule has 0 spiro atoms. The molecule has 0 bridgehead atoms. The molecule has 18 heavy (non-hydrogen) atoms. The fourth-order valence-electron chi connectivity index (χ4n) is 2.31. The summed E-state index contributed by atoms with van der Waals surface area (Å²) in [5.41, 5.74) is 0.0712. The minimum Gasteiger partial charge on any atom is -0.263 e. The fraction of sp³-hybridized carbons (Fsp3) is 0.583. The van der Waals surface area contributed by atoms with Gasteiger partial charge in [0.1, 0.15) is 4.90 Å². The summed E-state index contributed by atoms with van der Waals surface area (Å²) in [6.07, 6.45) is 7.23. The van der Waals surface area contributed by atoms with E-state index in [-0.39, 0.29) is 15.3 Å². The van der Waals surface area contributed by atoms with E-state index in [2.05, 4.69) is 16.6 Å². The van der Waals surface area contributed by atoms with Crippen molar-refractivity contribution in [1.29, 1.82) is 0 Å². The summed E-state index contributed by atoms with van der Waals surface area (Å²) in [4.78, 5) is 3.85. The van der Waals surface area contributed by atoms with Crippen LogP contribution in [0.15, 0.2) is 23.4 Å². The summed E-state index contributed by atoms with van der Waals surface area (Å²) in [7, 11) is -3.56. The van der Waals surface area contributed by atoms with Crippen LogP contribution in [-0.4, -0.2) is 19.9 Å². The van der Waals surface area contributed by atoms with Crippen molar-refractivity contribution in [3.8, 4) is 0 Å². The number of hydrogen-bond acceptors (Lipinski definition) is 3. The predicted molar refractivity (Wildman–Crippen MR) is 71.0 cm³/mol. The van der Waals surface area contributed by atoms with Crippen LogP contribution in [0, 0.1) is 5.41 Å². The summed E-state index contributed by atoms with van der Waals surface area (Å²) in [5.74, 6) is 0. The van der Waals surface area contributed by atoms with Gasteiger partial charge in [0.25, 0.3) is 0 Å². The van der Waals surface area contributed by atoms with E-state index in [1.807, 2.05) is 0 Å². The van der Waals surface area contributed by atoms with Gasteiger partial charge in [-0.1, -0.05) is 31.4 Å². The van der Waals surface area contributed by atoms with Gasteiger partial charge >= 0.3 is 0 Å². The second-order valence-electron chi connectivity index (χ2n) is 5.15. The van der Waals surface area contributed by atoms with Crippen LogP contribution in [0.2, 0.25) is 5.02 Å². The Bertz CT molecular complexity index is 525. The molecule has 0 amide bonds. The molecule has 0 aromatic carbocycles. The lowest BCUT2D eigenvalue weighted by Crippen LogP contribution is -2.34. The topological polar surface area (TPSA) is 59.1 Å². The third kappa shape index (κ3) is 3.02. The zero-order valence-corrected chi connectivity index (χ0v) is 11.9. The molecule has 1 aromatic rings. The van der Waals surface area contributed by atoms with E-state index in [9.17, 15) is 8.42 Å². The molecule has 100 valence electrons. The van der Waals surface area contributed by atoms with Gasteiger partial charge in [-0.15, -0.1) is 0 Å². The maximum Gasteiger partial charge on any atom is 0.243 e. The number of pyridine rings is 1. The maximum atomic E-state index is 12.1. The highest BCUT2D eigenvalue weighted by Crippen LogP contribution is 2.37. The normalized spacial score (nSPS) is 19.0. The molecular weight excluding hydrogens is 272 g/mol. The predicted octanol–water partition coefficient (Wildman–Crippen LogP) is 2.59. The van der Waals surface area contributed by atoms with E-state index >= 15 is 0 Å². The molecule has 1 heterocycles. The molecule has 1 aliphatic rings. The molecule has 4 nitrogen and oxygen atoms in total. The smallest absolute Gasteiger partial charge is 0.243 e. The molecule has 0 saturated heterocycles. The van der Waals surface area contributed by atoms with Crippen molar-refractivity contribution < 1.29 is 8.42 Å². The number of hydrogen-bond donors (Lipinski definition) is 1. The Balaban J connectivity index is 2.11. The molecule has 0 aliphatic heterocycles. The van der Waals surface area contributed by atoms with Gasteiger partial charge in [-0.2, -0.15) is 0 Å². The number of halogens is 1. The van der Waals surface area contributed by atoms with E-state index in [0.717, 1.165) is 12.8 Å². The summed E-state index contributed by atoms with van der Waals surface area (Å²) < 4.78 is 26.9. The number of nitrogens with one attached hydrogen (secondary N) is 1. The lowest BCUT2D eigenvalue weighted by Gasteiger charge is -2.23. The minimum atomic E-state index is -3.56. The van der Waals surface area contributed by atoms with Crippen LogP contribution in [-0.2, 0) is 10.0 Å². The number of aromatic nitrogens is 1. The average molecular weight is 289 g/mol. The maximum absolute atomic E-state index is 12.1. The van der Waals surface area contributed by atoms with Gasteiger partial charge < -0.3 is 0 Å². The summed E-state index contributed by atoms with van der Waals surface area (Å²) in [6, 6.07) is 1.48. The second-order valence-corrected chi connectivity index (χ2v) is 7.29. The first kappa shape index (κ1) is 13.8. The van der Waals surface area contributed by atoms with Crippen LogP contribution < -0.4 is 4.72 Å². The SMILES string of the molecule is CC1(CNS(=O)(=O)c2cnccc2Cl)CCCC1. The molecule has 0 atom stereocenters. The standard InChI is InChI=1S/C12H17ClN2O2S/c1-12(5-2-3-6-12)9-15-18(16,17)11-8-14-7-4-10(11)13/h4,7-8,15H,2-3,5-6,9H2,1H3. The van der Waals surface area contributed by atoms with Crippen LogP contribution in [0.5, 0.6) is 0 Å². The summed E-state index contributed by atoms with van der Waals surface area (Å²) in [6.45, 7) is 2.58. The molecular formula is C12H17ClN2O2S. The first-order valence-electron chi connectivity index (χ1n) is 6.02. The Morgan fingerprint density at radius 3 is 2.72 bits per heavy atom. The van der Waals surface area contributed by atoms with Crippen LogP contribution in [0.4, 0.5) is 0 Å². The van der Waals surface area contributed by atoms with E-state index in [1.54, 1.807) is 0 Å². The van der Waals surface area contributed by atoms with Gasteiger partial charge in [0.15, 0.2) is 0 Å². The Hall–Kier alpha value is -0.650. The zero-order chi connectivity index (χ0) is 13.2. The number of nitrogens with zero attached hydrogens (tertiary/aromatic N) is 1. The molecule has 6 heteroatoms. The van der Waals surface area contributed by atoms with Crippen molar-refractivity contribution in [3.63, 3.8) is 0 Å². The first-order chi connectivity index (χ1) is 8.43. The van der Waals surface area contributed by atoms with E-state index in [1.165, 1.54) is 31.3 Å². The van der Waals surface area contributed by atoms with E-state index in [4.69, 9.17) is 11.6 Å². The van der Waals surface area contributed by atoms with Crippen LogP contribution in [0.1, 0.15) is 32.6 Å². The zero-order valence-electron chi connectivity index (χ0n) is 10.3. The van der Waals surface area contributed by atoms with Crippen molar-refractivity contribution in [3.05, 3.63) is 23.5 Å². The molecule has 1 aliphatic carbocycles. The molecule has 0 unspecified atom stereocenters. The first-order valence-corrected chi connectivity index (χ1v) is 7.88. The van der Waals surface area contributed by atoms with Gasteiger partial charge in [-0.05, 0) is 24.3 Å². The third-order valence-corrected chi connectivity index (χ3v) is 5.39. The minimum absolute atomic E-state index is 0.0493. The van der Waals surface area contributed by atoms with Crippen LogP contribution in [0.25, 0.3) is 0 Å². The highest BCUT2D eigenvalue weighted by molar-refractivity contribution is 7.89. The Labute approximate surface area is 113 Å². The van der Waals surface area contributed by atoms with Crippen molar-refractivity contribution in [1.82, 2.24) is 9.71 Å². The highest BCUT2D eigenvalue weighted by Gasteiger charge is 2.30. The monoisotopic (exact) mass is 288 g/mol. The largest absolute Gasteiger partial charge is 0.263 e. The van der Waals surface area contributed by atoms with Gasteiger partial charge in [0.2, 0.25) is 10.0 Å². The highest BCUT2D eigenvalue weighted by atomic mass is 35.5. The molecule has 1 N–H and O–H groups in total. The van der Waals surface area contributed by atoms with Gasteiger partial charge in [-0.3, -0.25) is 4.98 Å².